The van der Waals surface area contributed by atoms with Gasteiger partial charge in [-0.1, -0.05) is 19.9 Å². The number of aliphatic hydroxyl groups is 1. The van der Waals surface area contributed by atoms with Gasteiger partial charge in [0.25, 0.3) is 5.91 Å². The van der Waals surface area contributed by atoms with E-state index in [4.69, 9.17) is 4.74 Å². The van der Waals surface area contributed by atoms with Gasteiger partial charge < -0.3 is 15.2 Å². The second kappa shape index (κ2) is 9.21. The summed E-state index contributed by atoms with van der Waals surface area (Å²) in [5, 5.41) is 12.4. The molecule has 0 aliphatic carbocycles. The van der Waals surface area contributed by atoms with E-state index in [0.29, 0.717) is 35.1 Å². The van der Waals surface area contributed by atoms with Crippen LogP contribution in [0.5, 0.6) is 5.75 Å². The highest BCUT2D eigenvalue weighted by atomic mass is 19.1. The lowest BCUT2D eigenvalue weighted by atomic mass is 10.0. The third kappa shape index (κ3) is 4.59. The van der Waals surface area contributed by atoms with E-state index >= 15 is 0 Å². The first-order valence-electron chi connectivity index (χ1n) is 9.76. The third-order valence-corrected chi connectivity index (χ3v) is 4.75. The number of fused-ring (bicyclic) bond motifs is 1. The molecule has 0 spiro atoms. The van der Waals surface area contributed by atoms with Crippen molar-refractivity contribution in [1.82, 2.24) is 14.7 Å². The number of pyridine rings is 1. The summed E-state index contributed by atoms with van der Waals surface area (Å²) < 4.78 is 35.0. The molecule has 0 fully saturated rings. The largest absolute Gasteiger partial charge is 0.485 e. The summed E-state index contributed by atoms with van der Waals surface area (Å²) in [5.41, 5.74) is 0.970. The molecule has 2 N–H and O–H groups in total. The van der Waals surface area contributed by atoms with Crippen molar-refractivity contribution >= 4 is 11.6 Å². The number of nitrogens with one attached hydrogen (secondary N) is 1. The minimum atomic E-state index is -0.693. The first-order valence-corrected chi connectivity index (χ1v) is 9.76. The van der Waals surface area contributed by atoms with E-state index in [9.17, 15) is 18.7 Å². The number of carbonyl (C=O) groups excluding carboxylic acids is 1. The van der Waals surface area contributed by atoms with Gasteiger partial charge in [0.2, 0.25) is 0 Å². The fourth-order valence-corrected chi connectivity index (χ4v) is 3.36. The number of halogens is 2. The molecule has 30 heavy (non-hydrogen) atoms. The Morgan fingerprint density at radius 1 is 1.23 bits per heavy atom. The van der Waals surface area contributed by atoms with Gasteiger partial charge >= 0.3 is 0 Å². The van der Waals surface area contributed by atoms with E-state index in [-0.39, 0.29) is 30.7 Å². The van der Waals surface area contributed by atoms with Crippen LogP contribution in [0.3, 0.4) is 0 Å². The number of rotatable bonds is 8. The number of aryl methyl sites for hydroxylation is 1. The highest BCUT2D eigenvalue weighted by molar-refractivity contribution is 5.95. The highest BCUT2D eigenvalue weighted by Crippen LogP contribution is 2.24. The number of aliphatic hydroxyl groups excluding tert-OH is 1. The molecular formula is C22H25F2N3O3. The zero-order valence-corrected chi connectivity index (χ0v) is 17.2. The van der Waals surface area contributed by atoms with Crippen molar-refractivity contribution < 1.29 is 23.4 Å². The zero-order chi connectivity index (χ0) is 21.8. The molecule has 8 heteroatoms. The molecule has 1 amide bonds. The van der Waals surface area contributed by atoms with Gasteiger partial charge in [-0.2, -0.15) is 0 Å². The number of amides is 1. The summed E-state index contributed by atoms with van der Waals surface area (Å²) in [5.74, 6) is -1.15. The van der Waals surface area contributed by atoms with Crippen molar-refractivity contribution in [3.8, 4) is 5.75 Å². The van der Waals surface area contributed by atoms with Crippen LogP contribution < -0.4 is 10.1 Å². The second-order valence-electron chi connectivity index (χ2n) is 7.58. The van der Waals surface area contributed by atoms with Crippen molar-refractivity contribution in [2.45, 2.75) is 39.8 Å². The fraction of sp³-hybridized carbons (Fsp3) is 0.364. The molecule has 3 rings (SSSR count). The van der Waals surface area contributed by atoms with E-state index in [1.807, 2.05) is 13.8 Å². The van der Waals surface area contributed by atoms with Gasteiger partial charge in [-0.25, -0.2) is 13.8 Å². The molecule has 0 unspecified atom stereocenters. The Bertz CT molecular complexity index is 1030. The van der Waals surface area contributed by atoms with Crippen LogP contribution in [0.1, 0.15) is 42.0 Å². The second-order valence-corrected chi connectivity index (χ2v) is 7.58. The summed E-state index contributed by atoms with van der Waals surface area (Å²) in [6, 6.07) is 6.54. The number of nitrogens with zero attached hydrogens (tertiary/aromatic N) is 2. The lowest BCUT2D eigenvalue weighted by Gasteiger charge is -2.18. The Morgan fingerprint density at radius 3 is 2.57 bits per heavy atom. The number of benzene rings is 1. The van der Waals surface area contributed by atoms with E-state index in [2.05, 4.69) is 10.3 Å². The van der Waals surface area contributed by atoms with Crippen molar-refractivity contribution in [1.29, 1.82) is 0 Å². The first-order chi connectivity index (χ1) is 14.3. The van der Waals surface area contributed by atoms with Gasteiger partial charge in [-0.15, -0.1) is 0 Å². The average Bonchev–Trinajstić information content (AvgIpc) is 3.03. The summed E-state index contributed by atoms with van der Waals surface area (Å²) in [4.78, 5) is 17.3. The summed E-state index contributed by atoms with van der Waals surface area (Å²) in [6.07, 6.45) is 2.30. The highest BCUT2D eigenvalue weighted by Gasteiger charge is 2.22. The number of aromatic nitrogens is 2. The lowest BCUT2D eigenvalue weighted by Crippen LogP contribution is -2.39. The Balaban J connectivity index is 1.87. The fourth-order valence-electron chi connectivity index (χ4n) is 3.36. The molecule has 0 aliphatic rings. The zero-order valence-electron chi connectivity index (χ0n) is 17.2. The standard InChI is InChI=1S/C22H25F2N3O3/c1-13(2)10-15(11-28)26-22(29)20-14(3)25-21-19(8-5-9-27(20)21)30-12-16-17(23)6-4-7-18(16)24/h4-9,13,15,28H,10-12H2,1-3H3,(H,26,29)/t15-/m1/s1. The quantitative estimate of drug-likeness (QED) is 0.587. The number of imidazole rings is 1. The molecule has 160 valence electrons. The smallest absolute Gasteiger partial charge is 0.270 e. The molecule has 0 saturated carbocycles. The number of hydrogen-bond acceptors (Lipinski definition) is 4. The molecule has 0 aliphatic heterocycles. The molecular weight excluding hydrogens is 392 g/mol. The van der Waals surface area contributed by atoms with Gasteiger partial charge in [0.05, 0.1) is 23.9 Å². The average molecular weight is 417 g/mol. The number of carbonyl (C=O) groups is 1. The SMILES string of the molecule is Cc1nc2c(OCc3c(F)cccc3F)cccn2c1C(=O)N[C@@H](CO)CC(C)C. The van der Waals surface area contributed by atoms with Crippen LogP contribution in [-0.2, 0) is 6.61 Å². The lowest BCUT2D eigenvalue weighted by molar-refractivity contribution is 0.0901. The Morgan fingerprint density at radius 2 is 1.93 bits per heavy atom. The third-order valence-electron chi connectivity index (χ3n) is 4.75. The van der Waals surface area contributed by atoms with Crippen LogP contribution in [0.2, 0.25) is 0 Å². The molecule has 0 radical (unpaired) electrons. The van der Waals surface area contributed by atoms with Gasteiger partial charge in [0.15, 0.2) is 11.4 Å². The van der Waals surface area contributed by atoms with Crippen molar-refractivity contribution in [2.75, 3.05) is 6.61 Å². The first kappa shape index (κ1) is 21.7. The van der Waals surface area contributed by atoms with Crippen molar-refractivity contribution in [2.24, 2.45) is 5.92 Å². The van der Waals surface area contributed by atoms with Crippen LogP contribution in [0.15, 0.2) is 36.5 Å². The summed E-state index contributed by atoms with van der Waals surface area (Å²) in [6.45, 7) is 5.24. The van der Waals surface area contributed by atoms with Gasteiger partial charge in [0, 0.05) is 6.20 Å². The maximum Gasteiger partial charge on any atom is 0.270 e. The van der Waals surface area contributed by atoms with Gasteiger partial charge in [0.1, 0.15) is 23.9 Å². The van der Waals surface area contributed by atoms with Crippen LogP contribution in [0.4, 0.5) is 8.78 Å². The van der Waals surface area contributed by atoms with Crippen molar-refractivity contribution in [3.05, 3.63) is 65.1 Å². The number of ether oxygens (including phenoxy) is 1. The van der Waals surface area contributed by atoms with E-state index in [1.165, 1.54) is 18.2 Å². The summed E-state index contributed by atoms with van der Waals surface area (Å²) >= 11 is 0. The van der Waals surface area contributed by atoms with Crippen LogP contribution >= 0.6 is 0 Å². The normalized spacial score (nSPS) is 12.4. The maximum absolute atomic E-state index is 13.9. The predicted molar refractivity (Wildman–Crippen MR) is 108 cm³/mol. The topological polar surface area (TPSA) is 75.9 Å². The van der Waals surface area contributed by atoms with Gasteiger partial charge in [-0.05, 0) is 43.5 Å². The Hall–Kier alpha value is -3.00. The Kier molecular flexibility index (Phi) is 6.66. The number of hydrogen-bond donors (Lipinski definition) is 2. The minimum absolute atomic E-state index is 0.164. The van der Waals surface area contributed by atoms with Crippen LogP contribution in [0, 0.1) is 24.5 Å². The van der Waals surface area contributed by atoms with E-state index in [1.54, 1.807) is 29.7 Å². The molecule has 2 heterocycles. The molecule has 2 aromatic heterocycles. The van der Waals surface area contributed by atoms with Crippen molar-refractivity contribution in [3.63, 3.8) is 0 Å². The van der Waals surface area contributed by atoms with Crippen LogP contribution in [0.25, 0.3) is 5.65 Å². The molecule has 3 aromatic rings. The molecule has 1 atom stereocenters. The predicted octanol–water partition coefficient (Wildman–Crippen LogP) is 3.64. The molecule has 0 saturated heterocycles. The van der Waals surface area contributed by atoms with E-state index in [0.717, 1.165) is 0 Å². The molecule has 1 aromatic carbocycles. The Labute approximate surface area is 173 Å². The molecule has 6 nitrogen and oxygen atoms in total. The minimum Gasteiger partial charge on any atom is -0.485 e. The van der Waals surface area contributed by atoms with E-state index < -0.39 is 11.6 Å². The molecule has 0 bridgehead atoms. The monoisotopic (exact) mass is 417 g/mol. The van der Waals surface area contributed by atoms with Gasteiger partial charge in [-0.3, -0.25) is 9.20 Å². The van der Waals surface area contributed by atoms with Crippen LogP contribution in [-0.4, -0.2) is 33.0 Å². The summed E-state index contributed by atoms with van der Waals surface area (Å²) in [7, 11) is 0. The maximum atomic E-state index is 13.9.